The first-order valence-electron chi connectivity index (χ1n) is 6.86. The lowest BCUT2D eigenvalue weighted by molar-refractivity contribution is -0.00222. The molecule has 1 aromatic rings. The predicted octanol–water partition coefficient (Wildman–Crippen LogP) is 3.27. The normalized spacial score (nSPS) is 17.0. The van der Waals surface area contributed by atoms with Crippen molar-refractivity contribution in [3.8, 4) is 6.07 Å². The van der Waals surface area contributed by atoms with Gasteiger partial charge < -0.3 is 10.5 Å². The molecule has 1 aliphatic rings. The van der Waals surface area contributed by atoms with Gasteiger partial charge in [-0.05, 0) is 34.6 Å². The fourth-order valence-electron chi connectivity index (χ4n) is 2.46. The summed E-state index contributed by atoms with van der Waals surface area (Å²) < 4.78 is 5.48. The highest BCUT2D eigenvalue weighted by atomic mass is 32.1. The van der Waals surface area contributed by atoms with Crippen LogP contribution in [-0.2, 0) is 17.7 Å². The summed E-state index contributed by atoms with van der Waals surface area (Å²) in [6.07, 6.45) is 0.324. The average molecular weight is 307 g/mol. The molecular weight excluding hydrogens is 286 g/mol. The number of carbonyl (C=O) groups is 1. The van der Waals surface area contributed by atoms with Gasteiger partial charge in [0, 0.05) is 22.4 Å². The molecule has 5 nitrogen and oxygen atoms in total. The number of thiophene rings is 1. The van der Waals surface area contributed by atoms with E-state index in [2.05, 4.69) is 6.07 Å². The highest BCUT2D eigenvalue weighted by molar-refractivity contribution is 7.16. The second-order valence-electron chi connectivity index (χ2n) is 6.91. The molecule has 1 aliphatic heterocycles. The van der Waals surface area contributed by atoms with Crippen LogP contribution in [0.2, 0.25) is 0 Å². The fourth-order valence-corrected chi connectivity index (χ4v) is 3.71. The van der Waals surface area contributed by atoms with Crippen LogP contribution in [0.1, 0.15) is 50.6 Å². The number of rotatable bonds is 0. The maximum absolute atomic E-state index is 12.4. The minimum atomic E-state index is -0.542. The van der Waals surface area contributed by atoms with E-state index in [0.717, 1.165) is 10.4 Å². The second kappa shape index (κ2) is 4.92. The van der Waals surface area contributed by atoms with Gasteiger partial charge in [-0.3, -0.25) is 4.90 Å². The van der Waals surface area contributed by atoms with Crippen LogP contribution in [-0.4, -0.2) is 22.1 Å². The molecule has 0 fully saturated rings. The fraction of sp³-hybridized carbons (Fsp3) is 0.600. The zero-order valence-corrected chi connectivity index (χ0v) is 13.9. The second-order valence-corrected chi connectivity index (χ2v) is 8.05. The lowest BCUT2D eigenvalue weighted by atomic mass is 9.90. The van der Waals surface area contributed by atoms with Crippen LogP contribution in [0.3, 0.4) is 0 Å². The van der Waals surface area contributed by atoms with E-state index in [0.29, 0.717) is 23.5 Å². The van der Waals surface area contributed by atoms with Crippen molar-refractivity contribution in [2.75, 3.05) is 5.73 Å². The molecule has 2 N–H and O–H groups in total. The average Bonchev–Trinajstić information content (AvgIpc) is 2.58. The van der Waals surface area contributed by atoms with E-state index >= 15 is 0 Å². The zero-order chi connectivity index (χ0) is 16.0. The standard InChI is InChI=1S/C15H21N3O2S/c1-14(2,3)20-13(19)18-8-10-9(7-16)12(17)21-11(10)6-15(18,4)5/h6,8,17H2,1-5H3. The summed E-state index contributed by atoms with van der Waals surface area (Å²) in [6, 6.07) is 2.15. The Morgan fingerprint density at radius 3 is 2.62 bits per heavy atom. The minimum Gasteiger partial charge on any atom is -0.444 e. The largest absolute Gasteiger partial charge is 0.444 e. The van der Waals surface area contributed by atoms with Crippen molar-refractivity contribution >= 4 is 22.4 Å². The van der Waals surface area contributed by atoms with Gasteiger partial charge in [0.05, 0.1) is 12.1 Å². The Morgan fingerprint density at radius 2 is 2.10 bits per heavy atom. The molecular formula is C15H21N3O2S. The number of nitriles is 1. The van der Waals surface area contributed by atoms with Crippen LogP contribution in [0, 0.1) is 11.3 Å². The summed E-state index contributed by atoms with van der Waals surface area (Å²) in [7, 11) is 0. The molecule has 0 aliphatic carbocycles. The summed E-state index contributed by atoms with van der Waals surface area (Å²) in [5.74, 6) is 0. The topological polar surface area (TPSA) is 79.3 Å². The van der Waals surface area contributed by atoms with Crippen molar-refractivity contribution in [2.24, 2.45) is 0 Å². The molecule has 6 heteroatoms. The predicted molar refractivity (Wildman–Crippen MR) is 83.0 cm³/mol. The van der Waals surface area contributed by atoms with Crippen molar-refractivity contribution < 1.29 is 9.53 Å². The SMILES string of the molecule is CC(C)(C)OC(=O)N1Cc2c(sc(N)c2C#N)CC1(C)C. The van der Waals surface area contributed by atoms with Gasteiger partial charge in [-0.25, -0.2) is 4.79 Å². The first kappa shape index (κ1) is 15.6. The molecule has 21 heavy (non-hydrogen) atoms. The smallest absolute Gasteiger partial charge is 0.411 e. The number of nitrogens with two attached hydrogens (primary N) is 1. The summed E-state index contributed by atoms with van der Waals surface area (Å²) in [6.45, 7) is 9.90. The van der Waals surface area contributed by atoms with Gasteiger partial charge in [0.25, 0.3) is 0 Å². The minimum absolute atomic E-state index is 0.355. The third-order valence-corrected chi connectivity index (χ3v) is 4.54. The summed E-state index contributed by atoms with van der Waals surface area (Å²) in [5.41, 5.74) is 6.37. The summed E-state index contributed by atoms with van der Waals surface area (Å²) in [5, 5.41) is 9.78. The van der Waals surface area contributed by atoms with Crippen LogP contribution in [0.5, 0.6) is 0 Å². The van der Waals surface area contributed by atoms with Crippen molar-refractivity contribution in [1.29, 1.82) is 5.26 Å². The Hall–Kier alpha value is -1.74. The molecule has 1 amide bonds. The van der Waals surface area contributed by atoms with E-state index in [-0.39, 0.29) is 11.6 Å². The van der Waals surface area contributed by atoms with Crippen LogP contribution in [0.15, 0.2) is 0 Å². The van der Waals surface area contributed by atoms with E-state index in [1.807, 2.05) is 34.6 Å². The Labute approximate surface area is 129 Å². The molecule has 2 rings (SSSR count). The van der Waals surface area contributed by atoms with Gasteiger partial charge in [-0.2, -0.15) is 5.26 Å². The summed E-state index contributed by atoms with van der Waals surface area (Å²) >= 11 is 1.45. The van der Waals surface area contributed by atoms with Crippen molar-refractivity contribution in [3.05, 3.63) is 16.0 Å². The van der Waals surface area contributed by atoms with Gasteiger partial charge in [-0.15, -0.1) is 11.3 Å². The lowest BCUT2D eigenvalue weighted by Crippen LogP contribution is -2.52. The lowest BCUT2D eigenvalue weighted by Gasteiger charge is -2.42. The maximum atomic E-state index is 12.4. The highest BCUT2D eigenvalue weighted by Crippen LogP contribution is 2.40. The molecule has 0 saturated heterocycles. The molecule has 0 bridgehead atoms. The first-order chi connectivity index (χ1) is 9.55. The number of carbonyl (C=O) groups excluding carboxylic acids is 1. The van der Waals surface area contributed by atoms with Crippen LogP contribution < -0.4 is 5.73 Å². The molecule has 1 aromatic heterocycles. The third-order valence-electron chi connectivity index (χ3n) is 3.48. The van der Waals surface area contributed by atoms with Gasteiger partial charge in [0.2, 0.25) is 0 Å². The van der Waals surface area contributed by atoms with Gasteiger partial charge >= 0.3 is 6.09 Å². The number of hydrogen-bond acceptors (Lipinski definition) is 5. The number of nitrogens with zero attached hydrogens (tertiary/aromatic N) is 2. The number of fused-ring (bicyclic) bond motifs is 1. The van der Waals surface area contributed by atoms with Crippen LogP contribution in [0.25, 0.3) is 0 Å². The molecule has 0 unspecified atom stereocenters. The molecule has 0 saturated carbocycles. The van der Waals surface area contributed by atoms with Crippen molar-refractivity contribution in [1.82, 2.24) is 4.90 Å². The molecule has 0 aromatic carbocycles. The molecule has 114 valence electrons. The first-order valence-corrected chi connectivity index (χ1v) is 7.67. The van der Waals surface area contributed by atoms with Gasteiger partial charge in [0.15, 0.2) is 0 Å². The molecule has 0 radical (unpaired) electrons. The number of ether oxygens (including phenoxy) is 1. The maximum Gasteiger partial charge on any atom is 0.411 e. The molecule has 0 spiro atoms. The summed E-state index contributed by atoms with van der Waals surface area (Å²) in [4.78, 5) is 15.2. The Kier molecular flexibility index (Phi) is 3.66. The molecule has 2 heterocycles. The Morgan fingerprint density at radius 1 is 1.48 bits per heavy atom. The Balaban J connectivity index is 2.36. The monoisotopic (exact) mass is 307 g/mol. The quantitative estimate of drug-likeness (QED) is 0.797. The highest BCUT2D eigenvalue weighted by Gasteiger charge is 2.40. The van der Waals surface area contributed by atoms with Crippen molar-refractivity contribution in [3.63, 3.8) is 0 Å². The van der Waals surface area contributed by atoms with E-state index in [9.17, 15) is 10.1 Å². The Bertz CT molecular complexity index is 620. The van der Waals surface area contributed by atoms with E-state index in [1.165, 1.54) is 11.3 Å². The number of hydrogen-bond donors (Lipinski definition) is 1. The van der Waals surface area contributed by atoms with Crippen LogP contribution in [0.4, 0.5) is 9.80 Å². The van der Waals surface area contributed by atoms with E-state index < -0.39 is 5.60 Å². The van der Waals surface area contributed by atoms with Crippen LogP contribution >= 0.6 is 11.3 Å². The zero-order valence-electron chi connectivity index (χ0n) is 13.1. The third kappa shape index (κ3) is 2.98. The van der Waals surface area contributed by atoms with E-state index in [1.54, 1.807) is 4.90 Å². The number of anilines is 1. The number of nitrogen functional groups attached to an aromatic ring is 1. The van der Waals surface area contributed by atoms with E-state index in [4.69, 9.17) is 10.5 Å². The number of amides is 1. The van der Waals surface area contributed by atoms with Crippen molar-refractivity contribution in [2.45, 2.75) is 58.7 Å². The van der Waals surface area contributed by atoms with Gasteiger partial charge in [0.1, 0.15) is 16.7 Å². The van der Waals surface area contributed by atoms with Gasteiger partial charge in [-0.1, -0.05) is 0 Å². The molecule has 0 atom stereocenters.